The summed E-state index contributed by atoms with van der Waals surface area (Å²) in [6, 6.07) is 3.92. The predicted molar refractivity (Wildman–Crippen MR) is 70.8 cm³/mol. The van der Waals surface area contributed by atoms with Crippen LogP contribution in [0.2, 0.25) is 5.02 Å². The molecule has 17 heavy (non-hydrogen) atoms. The Bertz CT molecular complexity index is 422. The third-order valence-corrected chi connectivity index (χ3v) is 3.09. The van der Waals surface area contributed by atoms with E-state index in [0.29, 0.717) is 10.8 Å². The molecule has 0 saturated heterocycles. The minimum atomic E-state index is -0.251. The zero-order valence-corrected chi connectivity index (χ0v) is 11.8. The molecule has 0 atom stereocenters. The molecule has 0 spiro atoms. The Kier molecular flexibility index (Phi) is 4.58. The lowest BCUT2D eigenvalue weighted by Gasteiger charge is -2.16. The minimum Gasteiger partial charge on any atom is -0.424 e. The molecule has 0 heterocycles. The molecule has 2 nitrogen and oxygen atoms in total. The summed E-state index contributed by atoms with van der Waals surface area (Å²) in [6.45, 7) is 9.61. The SMILES string of the molecule is Cc1ccc(C(C)C)c(OC(=O)C(C)C)c1Cl. The molecule has 0 unspecified atom stereocenters. The number of hydrogen-bond donors (Lipinski definition) is 0. The zero-order valence-electron chi connectivity index (χ0n) is 11.0. The number of hydrogen-bond acceptors (Lipinski definition) is 2. The highest BCUT2D eigenvalue weighted by Gasteiger charge is 2.18. The Morgan fingerprint density at radius 2 is 1.82 bits per heavy atom. The Hall–Kier alpha value is -1.02. The van der Waals surface area contributed by atoms with Crippen LogP contribution in [0.15, 0.2) is 12.1 Å². The maximum absolute atomic E-state index is 11.7. The maximum Gasteiger partial charge on any atom is 0.313 e. The van der Waals surface area contributed by atoms with Crippen LogP contribution in [-0.2, 0) is 4.79 Å². The van der Waals surface area contributed by atoms with Crippen LogP contribution < -0.4 is 4.74 Å². The topological polar surface area (TPSA) is 26.3 Å². The van der Waals surface area contributed by atoms with Crippen LogP contribution >= 0.6 is 11.6 Å². The second kappa shape index (κ2) is 5.54. The van der Waals surface area contributed by atoms with E-state index in [-0.39, 0.29) is 17.8 Å². The first-order chi connectivity index (χ1) is 7.84. The number of carbonyl (C=O) groups excluding carboxylic acids is 1. The lowest BCUT2D eigenvalue weighted by atomic mass is 10.0. The van der Waals surface area contributed by atoms with E-state index >= 15 is 0 Å². The van der Waals surface area contributed by atoms with Gasteiger partial charge >= 0.3 is 5.97 Å². The van der Waals surface area contributed by atoms with Crippen LogP contribution in [0.1, 0.15) is 44.7 Å². The molecule has 0 aliphatic carbocycles. The van der Waals surface area contributed by atoms with Crippen molar-refractivity contribution in [2.24, 2.45) is 5.92 Å². The largest absolute Gasteiger partial charge is 0.424 e. The molecular formula is C14H19ClO2. The molecule has 0 fully saturated rings. The van der Waals surface area contributed by atoms with Gasteiger partial charge in [0, 0.05) is 0 Å². The van der Waals surface area contributed by atoms with Crippen molar-refractivity contribution in [3.63, 3.8) is 0 Å². The fourth-order valence-electron chi connectivity index (χ4n) is 1.45. The van der Waals surface area contributed by atoms with E-state index in [9.17, 15) is 4.79 Å². The van der Waals surface area contributed by atoms with Gasteiger partial charge in [-0.1, -0.05) is 51.4 Å². The van der Waals surface area contributed by atoms with Crippen LogP contribution in [-0.4, -0.2) is 5.97 Å². The molecule has 0 aliphatic rings. The van der Waals surface area contributed by atoms with Crippen LogP contribution in [0.4, 0.5) is 0 Å². The molecule has 0 saturated carbocycles. The Morgan fingerprint density at radius 1 is 1.24 bits per heavy atom. The molecule has 0 aromatic heterocycles. The summed E-state index contributed by atoms with van der Waals surface area (Å²) in [5.74, 6) is 0.370. The van der Waals surface area contributed by atoms with Crippen molar-refractivity contribution >= 4 is 17.6 Å². The fraction of sp³-hybridized carbons (Fsp3) is 0.500. The third kappa shape index (κ3) is 3.22. The number of esters is 1. The van der Waals surface area contributed by atoms with E-state index in [4.69, 9.17) is 16.3 Å². The van der Waals surface area contributed by atoms with E-state index in [2.05, 4.69) is 0 Å². The minimum absolute atomic E-state index is 0.161. The lowest BCUT2D eigenvalue weighted by Crippen LogP contribution is -2.16. The van der Waals surface area contributed by atoms with Gasteiger partial charge in [0.15, 0.2) is 5.75 Å². The number of benzene rings is 1. The van der Waals surface area contributed by atoms with Crippen LogP contribution in [0.3, 0.4) is 0 Å². The number of rotatable bonds is 3. The quantitative estimate of drug-likeness (QED) is 0.593. The fourth-order valence-corrected chi connectivity index (χ4v) is 1.66. The van der Waals surface area contributed by atoms with E-state index in [1.807, 2.05) is 32.9 Å². The molecular weight excluding hydrogens is 236 g/mol. The normalized spacial score (nSPS) is 11.1. The predicted octanol–water partition coefficient (Wildman–Crippen LogP) is 4.33. The van der Waals surface area contributed by atoms with Crippen LogP contribution in [0.25, 0.3) is 0 Å². The first kappa shape index (κ1) is 14.0. The standard InChI is InChI=1S/C14H19ClO2/c1-8(2)11-7-6-10(5)12(15)13(11)17-14(16)9(3)4/h6-9H,1-5H3. The zero-order chi connectivity index (χ0) is 13.2. The number of halogens is 1. The maximum atomic E-state index is 11.7. The second-order valence-corrected chi connectivity index (χ2v) is 5.22. The molecule has 0 N–H and O–H groups in total. The summed E-state index contributed by atoms with van der Waals surface area (Å²) in [7, 11) is 0. The van der Waals surface area contributed by atoms with Crippen molar-refractivity contribution in [2.75, 3.05) is 0 Å². The van der Waals surface area contributed by atoms with E-state index in [0.717, 1.165) is 11.1 Å². The van der Waals surface area contributed by atoms with Gasteiger partial charge < -0.3 is 4.74 Å². The molecule has 1 rings (SSSR count). The van der Waals surface area contributed by atoms with Gasteiger partial charge in [0.1, 0.15) is 0 Å². The third-order valence-electron chi connectivity index (χ3n) is 2.62. The highest BCUT2D eigenvalue weighted by molar-refractivity contribution is 6.33. The van der Waals surface area contributed by atoms with Crippen LogP contribution in [0.5, 0.6) is 5.75 Å². The molecule has 3 heteroatoms. The molecule has 94 valence electrons. The van der Waals surface area contributed by atoms with Gasteiger partial charge in [0.2, 0.25) is 0 Å². The summed E-state index contributed by atoms with van der Waals surface area (Å²) >= 11 is 6.21. The van der Waals surface area contributed by atoms with Gasteiger partial charge in [-0.05, 0) is 24.0 Å². The molecule has 0 aliphatic heterocycles. The highest BCUT2D eigenvalue weighted by atomic mass is 35.5. The first-order valence-corrected chi connectivity index (χ1v) is 6.23. The molecule has 0 bridgehead atoms. The van der Waals surface area contributed by atoms with E-state index in [1.165, 1.54) is 0 Å². The smallest absolute Gasteiger partial charge is 0.313 e. The Labute approximate surface area is 108 Å². The van der Waals surface area contributed by atoms with Gasteiger partial charge in [-0.2, -0.15) is 0 Å². The van der Waals surface area contributed by atoms with Gasteiger partial charge in [0.25, 0.3) is 0 Å². The average molecular weight is 255 g/mol. The van der Waals surface area contributed by atoms with Crippen LogP contribution in [0, 0.1) is 12.8 Å². The summed E-state index contributed by atoms with van der Waals surface area (Å²) in [5.41, 5.74) is 1.89. The van der Waals surface area contributed by atoms with Crippen molar-refractivity contribution in [3.8, 4) is 5.75 Å². The number of aryl methyl sites for hydroxylation is 1. The summed E-state index contributed by atoms with van der Waals surface area (Å²) in [4.78, 5) is 11.7. The van der Waals surface area contributed by atoms with Crippen molar-refractivity contribution in [2.45, 2.75) is 40.5 Å². The highest BCUT2D eigenvalue weighted by Crippen LogP contribution is 2.36. The lowest BCUT2D eigenvalue weighted by molar-refractivity contribution is -0.137. The van der Waals surface area contributed by atoms with E-state index in [1.54, 1.807) is 13.8 Å². The molecule has 1 aromatic rings. The molecule has 1 aromatic carbocycles. The van der Waals surface area contributed by atoms with Crippen molar-refractivity contribution in [3.05, 3.63) is 28.3 Å². The monoisotopic (exact) mass is 254 g/mol. The summed E-state index contributed by atoms with van der Waals surface area (Å²) < 4.78 is 5.41. The summed E-state index contributed by atoms with van der Waals surface area (Å²) in [6.07, 6.45) is 0. The van der Waals surface area contributed by atoms with E-state index < -0.39 is 0 Å². The Balaban J connectivity index is 3.19. The first-order valence-electron chi connectivity index (χ1n) is 5.85. The molecule has 0 amide bonds. The van der Waals surface area contributed by atoms with Crippen molar-refractivity contribution < 1.29 is 9.53 Å². The Morgan fingerprint density at radius 3 is 2.29 bits per heavy atom. The summed E-state index contributed by atoms with van der Waals surface area (Å²) in [5, 5.41) is 0.533. The molecule has 0 radical (unpaired) electrons. The second-order valence-electron chi connectivity index (χ2n) is 4.85. The van der Waals surface area contributed by atoms with Gasteiger partial charge in [-0.15, -0.1) is 0 Å². The van der Waals surface area contributed by atoms with Crippen molar-refractivity contribution in [1.82, 2.24) is 0 Å². The van der Waals surface area contributed by atoms with Gasteiger partial charge in [-0.25, -0.2) is 0 Å². The van der Waals surface area contributed by atoms with Crippen molar-refractivity contribution in [1.29, 1.82) is 0 Å². The van der Waals surface area contributed by atoms with Gasteiger partial charge in [-0.3, -0.25) is 4.79 Å². The number of carbonyl (C=O) groups is 1. The average Bonchev–Trinajstić information content (AvgIpc) is 2.24. The van der Waals surface area contributed by atoms with Gasteiger partial charge in [0.05, 0.1) is 10.9 Å². The number of ether oxygens (including phenoxy) is 1.